The highest BCUT2D eigenvalue weighted by Crippen LogP contribution is 2.30. The summed E-state index contributed by atoms with van der Waals surface area (Å²) in [6, 6.07) is 10.5. The lowest BCUT2D eigenvalue weighted by Crippen LogP contribution is -2.03. The van der Waals surface area contributed by atoms with Crippen LogP contribution in [-0.4, -0.2) is 6.54 Å². The summed E-state index contributed by atoms with van der Waals surface area (Å²) in [7, 11) is 0. The number of rotatable bonds is 4. The normalized spacial score (nSPS) is 10.5. The molecule has 0 spiro atoms. The van der Waals surface area contributed by atoms with Crippen LogP contribution in [0.1, 0.15) is 11.1 Å². The van der Waals surface area contributed by atoms with Crippen LogP contribution in [-0.2, 0) is 6.42 Å². The van der Waals surface area contributed by atoms with Gasteiger partial charge in [-0.2, -0.15) is 0 Å². The molecule has 2 rings (SSSR count). The topological polar surface area (TPSA) is 35.2 Å². The van der Waals surface area contributed by atoms with E-state index in [4.69, 9.17) is 10.5 Å². The molecule has 2 nitrogen and oxygen atoms in total. The predicted molar refractivity (Wildman–Crippen MR) is 78.1 cm³/mol. The maximum absolute atomic E-state index is 13.7. The van der Waals surface area contributed by atoms with E-state index in [1.165, 1.54) is 6.07 Å². The van der Waals surface area contributed by atoms with E-state index < -0.39 is 0 Å². The first-order chi connectivity index (χ1) is 9.10. The van der Waals surface area contributed by atoms with E-state index in [-0.39, 0.29) is 11.6 Å². The molecule has 0 unspecified atom stereocenters. The minimum atomic E-state index is -0.383. The average molecular weight is 324 g/mol. The molecule has 0 saturated heterocycles. The van der Waals surface area contributed by atoms with Crippen molar-refractivity contribution in [1.82, 2.24) is 0 Å². The van der Waals surface area contributed by atoms with Gasteiger partial charge in [0.05, 0.1) is 0 Å². The molecule has 0 aliphatic rings. The number of aryl methyl sites for hydroxylation is 1. The molecule has 2 aromatic rings. The van der Waals surface area contributed by atoms with Crippen LogP contribution in [0, 0.1) is 12.7 Å². The Morgan fingerprint density at radius 2 is 1.95 bits per heavy atom. The minimum absolute atomic E-state index is 0.211. The monoisotopic (exact) mass is 323 g/mol. The van der Waals surface area contributed by atoms with Gasteiger partial charge in [0, 0.05) is 4.47 Å². The molecule has 0 aromatic heterocycles. The number of hydrogen-bond acceptors (Lipinski definition) is 2. The van der Waals surface area contributed by atoms with Gasteiger partial charge in [-0.15, -0.1) is 0 Å². The van der Waals surface area contributed by atoms with Crippen molar-refractivity contribution < 1.29 is 9.13 Å². The van der Waals surface area contributed by atoms with Crippen molar-refractivity contribution in [3.8, 4) is 11.5 Å². The number of benzene rings is 2. The molecular formula is C15H15BrFNO. The maximum Gasteiger partial charge on any atom is 0.165 e. The largest absolute Gasteiger partial charge is 0.454 e. The molecule has 19 heavy (non-hydrogen) atoms. The van der Waals surface area contributed by atoms with Crippen LogP contribution in [0.25, 0.3) is 0 Å². The number of ether oxygens (including phenoxy) is 1. The zero-order valence-corrected chi connectivity index (χ0v) is 12.2. The first kappa shape index (κ1) is 14.0. The summed E-state index contributed by atoms with van der Waals surface area (Å²) in [6.07, 6.45) is 0.775. The van der Waals surface area contributed by atoms with Crippen molar-refractivity contribution in [2.45, 2.75) is 13.3 Å². The van der Waals surface area contributed by atoms with Crippen LogP contribution >= 0.6 is 15.9 Å². The fraction of sp³-hybridized carbons (Fsp3) is 0.200. The Kier molecular flexibility index (Phi) is 4.56. The summed E-state index contributed by atoms with van der Waals surface area (Å²) < 4.78 is 20.1. The van der Waals surface area contributed by atoms with Gasteiger partial charge in [-0.3, -0.25) is 0 Å². The van der Waals surface area contributed by atoms with Gasteiger partial charge in [-0.05, 0) is 55.3 Å². The highest BCUT2D eigenvalue weighted by atomic mass is 79.9. The maximum atomic E-state index is 13.7. The van der Waals surface area contributed by atoms with E-state index in [0.717, 1.165) is 22.0 Å². The van der Waals surface area contributed by atoms with Crippen molar-refractivity contribution in [3.63, 3.8) is 0 Å². The standard InChI is InChI=1S/C15H15BrFNO/c1-10-2-3-11(6-7-18)8-14(10)19-15-9-12(16)4-5-13(15)17/h2-5,8-9H,6-7,18H2,1H3. The van der Waals surface area contributed by atoms with E-state index in [1.807, 2.05) is 25.1 Å². The van der Waals surface area contributed by atoms with Gasteiger partial charge >= 0.3 is 0 Å². The SMILES string of the molecule is Cc1ccc(CCN)cc1Oc1cc(Br)ccc1F. The van der Waals surface area contributed by atoms with Crippen LogP contribution in [0.3, 0.4) is 0 Å². The van der Waals surface area contributed by atoms with E-state index in [0.29, 0.717) is 12.3 Å². The first-order valence-electron chi connectivity index (χ1n) is 6.02. The van der Waals surface area contributed by atoms with Crippen LogP contribution in [0.5, 0.6) is 11.5 Å². The second-order valence-corrected chi connectivity index (χ2v) is 5.23. The van der Waals surface area contributed by atoms with Gasteiger partial charge in [0.15, 0.2) is 11.6 Å². The smallest absolute Gasteiger partial charge is 0.165 e. The Hall–Kier alpha value is -1.39. The molecule has 0 fully saturated rings. The summed E-state index contributed by atoms with van der Waals surface area (Å²) >= 11 is 3.30. The molecule has 0 atom stereocenters. The fourth-order valence-electron chi connectivity index (χ4n) is 1.75. The molecule has 0 bridgehead atoms. The van der Waals surface area contributed by atoms with E-state index in [9.17, 15) is 4.39 Å². The zero-order valence-electron chi connectivity index (χ0n) is 10.6. The third-order valence-corrected chi connectivity index (χ3v) is 3.29. The lowest BCUT2D eigenvalue weighted by molar-refractivity contribution is 0.438. The van der Waals surface area contributed by atoms with Gasteiger partial charge in [-0.1, -0.05) is 28.1 Å². The highest BCUT2D eigenvalue weighted by Gasteiger charge is 2.08. The van der Waals surface area contributed by atoms with Crippen LogP contribution in [0.2, 0.25) is 0 Å². The number of halogens is 2. The van der Waals surface area contributed by atoms with E-state index >= 15 is 0 Å². The lowest BCUT2D eigenvalue weighted by Gasteiger charge is -2.11. The molecule has 4 heteroatoms. The Morgan fingerprint density at radius 3 is 2.68 bits per heavy atom. The Labute approximate surface area is 120 Å². The molecule has 2 N–H and O–H groups in total. The second-order valence-electron chi connectivity index (χ2n) is 4.32. The second kappa shape index (κ2) is 6.17. The summed E-state index contributed by atoms with van der Waals surface area (Å²) in [6.45, 7) is 2.51. The van der Waals surface area contributed by atoms with Gasteiger partial charge in [-0.25, -0.2) is 4.39 Å². The van der Waals surface area contributed by atoms with Crippen LogP contribution in [0.15, 0.2) is 40.9 Å². The summed E-state index contributed by atoms with van der Waals surface area (Å²) in [4.78, 5) is 0. The number of nitrogens with two attached hydrogens (primary N) is 1. The van der Waals surface area contributed by atoms with Gasteiger partial charge in [0.2, 0.25) is 0 Å². The minimum Gasteiger partial charge on any atom is -0.454 e. The van der Waals surface area contributed by atoms with E-state index in [1.54, 1.807) is 12.1 Å². The van der Waals surface area contributed by atoms with Crippen molar-refractivity contribution in [3.05, 3.63) is 57.8 Å². The Bertz CT molecular complexity index is 586. The van der Waals surface area contributed by atoms with Gasteiger partial charge in [0.1, 0.15) is 5.75 Å². The third-order valence-electron chi connectivity index (χ3n) is 2.80. The van der Waals surface area contributed by atoms with Crippen LogP contribution < -0.4 is 10.5 Å². The molecule has 0 amide bonds. The summed E-state index contributed by atoms with van der Waals surface area (Å²) in [5.41, 5.74) is 7.58. The molecule has 0 aliphatic heterocycles. The molecule has 0 aliphatic carbocycles. The zero-order chi connectivity index (χ0) is 13.8. The van der Waals surface area contributed by atoms with Crippen molar-refractivity contribution in [1.29, 1.82) is 0 Å². The highest BCUT2D eigenvalue weighted by molar-refractivity contribution is 9.10. The average Bonchev–Trinajstić information content (AvgIpc) is 2.38. The molecule has 100 valence electrons. The lowest BCUT2D eigenvalue weighted by atomic mass is 10.1. The number of hydrogen-bond donors (Lipinski definition) is 1. The van der Waals surface area contributed by atoms with Gasteiger partial charge in [0.25, 0.3) is 0 Å². The van der Waals surface area contributed by atoms with Crippen molar-refractivity contribution >= 4 is 15.9 Å². The van der Waals surface area contributed by atoms with Crippen LogP contribution in [0.4, 0.5) is 4.39 Å². The molecular weight excluding hydrogens is 309 g/mol. The van der Waals surface area contributed by atoms with E-state index in [2.05, 4.69) is 15.9 Å². The fourth-order valence-corrected chi connectivity index (χ4v) is 2.09. The molecule has 0 heterocycles. The van der Waals surface area contributed by atoms with Crippen molar-refractivity contribution in [2.75, 3.05) is 6.54 Å². The summed E-state index contributed by atoms with van der Waals surface area (Å²) in [5, 5.41) is 0. The quantitative estimate of drug-likeness (QED) is 0.915. The summed E-state index contributed by atoms with van der Waals surface area (Å²) in [5.74, 6) is 0.483. The Balaban J connectivity index is 2.31. The van der Waals surface area contributed by atoms with Crippen molar-refractivity contribution in [2.24, 2.45) is 5.73 Å². The van der Waals surface area contributed by atoms with Gasteiger partial charge < -0.3 is 10.5 Å². The first-order valence-corrected chi connectivity index (χ1v) is 6.82. The molecule has 2 aromatic carbocycles. The molecule has 0 saturated carbocycles. The molecule has 0 radical (unpaired) electrons. The predicted octanol–water partition coefficient (Wildman–Crippen LogP) is 4.19. The third kappa shape index (κ3) is 3.55. The Morgan fingerprint density at radius 1 is 1.16 bits per heavy atom.